The first-order valence-electron chi connectivity index (χ1n) is 5.01. The molecule has 1 aromatic rings. The molecule has 0 aliphatic carbocycles. The van der Waals surface area contributed by atoms with Gasteiger partial charge in [-0.1, -0.05) is 18.5 Å². The number of hydrazine groups is 1. The summed E-state index contributed by atoms with van der Waals surface area (Å²) in [5.74, 6) is 0. The maximum absolute atomic E-state index is 11.6. The molecule has 1 heterocycles. The van der Waals surface area contributed by atoms with E-state index in [1.807, 2.05) is 12.3 Å². The fourth-order valence-electron chi connectivity index (χ4n) is 0.989. The van der Waals surface area contributed by atoms with Crippen LogP contribution in [0.15, 0.2) is 17.0 Å². The lowest BCUT2D eigenvalue weighted by Gasteiger charge is -2.18. The number of amides is 2. The molecule has 0 fully saturated rings. The molecule has 1 aromatic heterocycles. The molecule has 8 heteroatoms. The van der Waals surface area contributed by atoms with Crippen molar-refractivity contribution in [1.82, 2.24) is 10.6 Å². The number of ether oxygens (including phenoxy) is 1. The van der Waals surface area contributed by atoms with Crippen LogP contribution in [0.25, 0.3) is 0 Å². The van der Waals surface area contributed by atoms with Crippen molar-refractivity contribution in [3.8, 4) is 0 Å². The van der Waals surface area contributed by atoms with Crippen molar-refractivity contribution in [2.75, 3.05) is 11.6 Å². The van der Waals surface area contributed by atoms with Crippen molar-refractivity contribution >= 4 is 17.9 Å². The summed E-state index contributed by atoms with van der Waals surface area (Å²) in [5.41, 5.74) is 2.03. The quantitative estimate of drug-likeness (QED) is 0.614. The van der Waals surface area contributed by atoms with Gasteiger partial charge in [-0.05, 0) is 6.42 Å². The summed E-state index contributed by atoms with van der Waals surface area (Å²) in [6.07, 6.45) is 1.67. The third kappa shape index (κ3) is 4.01. The van der Waals surface area contributed by atoms with E-state index in [9.17, 15) is 9.59 Å². The number of aromatic nitrogens is 1. The lowest BCUT2D eigenvalue weighted by Crippen LogP contribution is -2.46. The Morgan fingerprint density at radius 2 is 2.41 bits per heavy atom. The minimum atomic E-state index is -1.39. The average molecular weight is 243 g/mol. The zero-order valence-electron chi connectivity index (χ0n) is 9.25. The molecule has 0 unspecified atom stereocenters. The summed E-state index contributed by atoms with van der Waals surface area (Å²) in [5, 5.41) is 12.7. The molecule has 0 bridgehead atoms. The predicted molar refractivity (Wildman–Crippen MR) is 56.4 cm³/mol. The lowest BCUT2D eigenvalue weighted by molar-refractivity contribution is 0.145. The normalized spacial score (nSPS) is 9.71. The molecule has 0 atom stereocenters. The number of hydrogen-bond acceptors (Lipinski definition) is 5. The fourth-order valence-corrected chi connectivity index (χ4v) is 0.989. The SMILES string of the molecule is CCCCOC(=O)N(NC(=O)O)c1cnoc1. The van der Waals surface area contributed by atoms with Gasteiger partial charge in [0.2, 0.25) is 0 Å². The van der Waals surface area contributed by atoms with Crippen LogP contribution in [0, 0.1) is 0 Å². The second-order valence-electron chi connectivity index (χ2n) is 3.10. The largest absolute Gasteiger partial charge is 0.464 e. The number of hydrogen-bond donors (Lipinski definition) is 2. The number of nitrogens with zero attached hydrogens (tertiary/aromatic N) is 2. The van der Waals surface area contributed by atoms with Crippen molar-refractivity contribution in [2.45, 2.75) is 19.8 Å². The molecule has 94 valence electrons. The summed E-state index contributed by atoms with van der Waals surface area (Å²) in [7, 11) is 0. The van der Waals surface area contributed by atoms with Gasteiger partial charge in [-0.15, -0.1) is 0 Å². The monoisotopic (exact) mass is 243 g/mol. The zero-order chi connectivity index (χ0) is 12.7. The Morgan fingerprint density at radius 3 is 2.94 bits per heavy atom. The number of carboxylic acid groups (broad SMARTS) is 1. The van der Waals surface area contributed by atoms with Crippen LogP contribution in [0.5, 0.6) is 0 Å². The van der Waals surface area contributed by atoms with Crippen LogP contribution < -0.4 is 10.4 Å². The Bertz CT molecular complexity index is 365. The van der Waals surface area contributed by atoms with E-state index in [-0.39, 0.29) is 12.3 Å². The van der Waals surface area contributed by atoms with Crippen molar-refractivity contribution in [1.29, 1.82) is 0 Å². The van der Waals surface area contributed by atoms with Gasteiger partial charge in [-0.25, -0.2) is 15.0 Å². The van der Waals surface area contributed by atoms with E-state index < -0.39 is 12.2 Å². The second kappa shape index (κ2) is 6.36. The average Bonchev–Trinajstić information content (AvgIpc) is 2.79. The minimum absolute atomic E-state index is 0.147. The number of carbonyl (C=O) groups is 2. The van der Waals surface area contributed by atoms with Gasteiger partial charge in [0.15, 0.2) is 0 Å². The number of nitrogens with one attached hydrogen (secondary N) is 1. The first kappa shape index (κ1) is 12.8. The molecule has 1 rings (SSSR count). The molecule has 2 N–H and O–H groups in total. The van der Waals surface area contributed by atoms with E-state index in [0.29, 0.717) is 11.4 Å². The first-order chi connectivity index (χ1) is 8.15. The fraction of sp³-hybridized carbons (Fsp3) is 0.444. The summed E-state index contributed by atoms with van der Waals surface area (Å²) in [6.45, 7) is 2.17. The number of anilines is 1. The highest BCUT2D eigenvalue weighted by Gasteiger charge is 2.21. The van der Waals surface area contributed by atoms with E-state index in [0.717, 1.165) is 12.7 Å². The smallest absolute Gasteiger partial charge is 0.433 e. The van der Waals surface area contributed by atoms with Gasteiger partial charge in [0.25, 0.3) is 0 Å². The first-order valence-corrected chi connectivity index (χ1v) is 5.01. The number of carbonyl (C=O) groups excluding carboxylic acids is 1. The van der Waals surface area contributed by atoms with Gasteiger partial charge in [-0.2, -0.15) is 5.01 Å². The van der Waals surface area contributed by atoms with Gasteiger partial charge in [-0.3, -0.25) is 0 Å². The maximum Gasteiger partial charge on any atom is 0.433 e. The van der Waals surface area contributed by atoms with Crippen LogP contribution in [0.1, 0.15) is 19.8 Å². The highest BCUT2D eigenvalue weighted by molar-refractivity contribution is 5.89. The molecule has 0 saturated carbocycles. The Kier molecular flexibility index (Phi) is 4.79. The summed E-state index contributed by atoms with van der Waals surface area (Å²) in [4.78, 5) is 22.1. The van der Waals surface area contributed by atoms with Crippen molar-refractivity contribution in [3.63, 3.8) is 0 Å². The van der Waals surface area contributed by atoms with E-state index >= 15 is 0 Å². The van der Waals surface area contributed by atoms with Crippen molar-refractivity contribution < 1.29 is 24.0 Å². The molecule has 0 aliphatic rings. The van der Waals surface area contributed by atoms with Crippen molar-refractivity contribution in [2.24, 2.45) is 0 Å². The highest BCUT2D eigenvalue weighted by atomic mass is 16.6. The minimum Gasteiger partial charge on any atom is -0.464 e. The van der Waals surface area contributed by atoms with E-state index in [1.54, 1.807) is 0 Å². The van der Waals surface area contributed by atoms with Crippen LogP contribution >= 0.6 is 0 Å². The van der Waals surface area contributed by atoms with Gasteiger partial charge in [0, 0.05) is 0 Å². The molecular weight excluding hydrogens is 230 g/mol. The molecule has 0 spiro atoms. The Morgan fingerprint density at radius 1 is 1.65 bits per heavy atom. The topological polar surface area (TPSA) is 105 Å². The Hall–Kier alpha value is -2.25. The molecule has 17 heavy (non-hydrogen) atoms. The molecule has 0 aliphatic heterocycles. The summed E-state index contributed by atoms with van der Waals surface area (Å²) < 4.78 is 9.38. The molecule has 0 aromatic carbocycles. The lowest BCUT2D eigenvalue weighted by atomic mass is 10.4. The Labute approximate surface area is 97.1 Å². The molecule has 0 radical (unpaired) electrons. The van der Waals surface area contributed by atoms with E-state index in [4.69, 9.17) is 9.84 Å². The molecular formula is C9H13N3O5. The predicted octanol–water partition coefficient (Wildman–Crippen LogP) is 1.60. The maximum atomic E-state index is 11.6. The molecule has 0 saturated heterocycles. The molecule has 8 nitrogen and oxygen atoms in total. The Balaban J connectivity index is 2.63. The van der Waals surface area contributed by atoms with Crippen LogP contribution in [0.2, 0.25) is 0 Å². The standard InChI is InChI=1S/C9H13N3O5/c1-2-3-4-16-9(15)12(11-8(13)14)7-5-10-17-6-7/h5-6,11H,2-4H2,1H3,(H,13,14). The van der Waals surface area contributed by atoms with Gasteiger partial charge in [0.05, 0.1) is 12.8 Å². The second-order valence-corrected chi connectivity index (χ2v) is 3.10. The van der Waals surface area contributed by atoms with Gasteiger partial charge >= 0.3 is 12.2 Å². The molecule has 2 amide bonds. The van der Waals surface area contributed by atoms with Crippen LogP contribution in [0.3, 0.4) is 0 Å². The van der Waals surface area contributed by atoms with Crippen LogP contribution in [-0.4, -0.2) is 29.1 Å². The van der Waals surface area contributed by atoms with Crippen molar-refractivity contribution in [3.05, 3.63) is 12.5 Å². The van der Waals surface area contributed by atoms with Gasteiger partial charge < -0.3 is 14.4 Å². The zero-order valence-corrected chi connectivity index (χ0v) is 9.25. The number of rotatable bonds is 4. The van der Waals surface area contributed by atoms with Crippen LogP contribution in [0.4, 0.5) is 15.3 Å². The highest BCUT2D eigenvalue weighted by Crippen LogP contribution is 2.11. The summed E-state index contributed by atoms with van der Waals surface area (Å²) in [6, 6.07) is 0. The van der Waals surface area contributed by atoms with E-state index in [1.165, 1.54) is 6.20 Å². The number of unbranched alkanes of at least 4 members (excludes halogenated alkanes) is 1. The van der Waals surface area contributed by atoms with Gasteiger partial charge in [0.1, 0.15) is 12.0 Å². The summed E-state index contributed by atoms with van der Waals surface area (Å²) >= 11 is 0. The third-order valence-electron chi connectivity index (χ3n) is 1.79. The van der Waals surface area contributed by atoms with E-state index in [2.05, 4.69) is 9.68 Å². The van der Waals surface area contributed by atoms with Crippen LogP contribution in [-0.2, 0) is 4.74 Å². The third-order valence-corrected chi connectivity index (χ3v) is 1.79.